The Bertz CT molecular complexity index is 76.6. The molecule has 0 saturated heterocycles. The van der Waals surface area contributed by atoms with Crippen LogP contribution < -0.4 is 0 Å². The Morgan fingerprint density at radius 2 is 1.56 bits per heavy atom. The van der Waals surface area contributed by atoms with Crippen molar-refractivity contribution in [1.82, 2.24) is 0 Å². The molecule has 0 saturated carbocycles. The first kappa shape index (κ1) is 8.41. The van der Waals surface area contributed by atoms with Gasteiger partial charge in [-0.05, 0) is 32.6 Å². The standard InChI is InChI=1S/C6H10.C2H4O/c1-2-4-6-5-3-1;1-2-3/h1-2H,3-6H2;2H,1H3. The first-order chi connectivity index (χ1) is 4.41. The second-order valence-electron chi connectivity index (χ2n) is 1.99. The maximum atomic E-state index is 8.81. The van der Waals surface area contributed by atoms with Crippen molar-refractivity contribution in [2.24, 2.45) is 0 Å². The molecule has 1 heteroatoms. The van der Waals surface area contributed by atoms with Gasteiger partial charge in [0.15, 0.2) is 0 Å². The van der Waals surface area contributed by atoms with Gasteiger partial charge in [-0.3, -0.25) is 0 Å². The van der Waals surface area contributed by atoms with E-state index in [1.165, 1.54) is 32.6 Å². The lowest BCUT2D eigenvalue weighted by Crippen LogP contribution is -1.77. The minimum atomic E-state index is 0.750. The van der Waals surface area contributed by atoms with Crippen molar-refractivity contribution in [3.8, 4) is 0 Å². The third kappa shape index (κ3) is 7.41. The molecule has 0 aromatic rings. The molecule has 52 valence electrons. The maximum absolute atomic E-state index is 8.81. The lowest BCUT2D eigenvalue weighted by atomic mass is 10.1. The Hall–Kier alpha value is -0.590. The van der Waals surface area contributed by atoms with E-state index < -0.39 is 0 Å². The minimum Gasteiger partial charge on any atom is -0.304 e. The van der Waals surface area contributed by atoms with E-state index in [9.17, 15) is 0 Å². The van der Waals surface area contributed by atoms with Crippen molar-refractivity contribution < 1.29 is 4.79 Å². The van der Waals surface area contributed by atoms with Gasteiger partial charge in [-0.2, -0.15) is 0 Å². The molecule has 9 heavy (non-hydrogen) atoms. The van der Waals surface area contributed by atoms with Crippen LogP contribution in [0.1, 0.15) is 32.6 Å². The summed E-state index contributed by atoms with van der Waals surface area (Å²) in [6.45, 7) is 1.44. The Morgan fingerprint density at radius 1 is 1.22 bits per heavy atom. The molecule has 0 unspecified atom stereocenters. The predicted octanol–water partition coefficient (Wildman–Crippen LogP) is 2.32. The summed E-state index contributed by atoms with van der Waals surface area (Å²) in [4.78, 5) is 8.81. The van der Waals surface area contributed by atoms with Gasteiger partial charge in [-0.25, -0.2) is 0 Å². The van der Waals surface area contributed by atoms with Crippen molar-refractivity contribution in [1.29, 1.82) is 0 Å². The van der Waals surface area contributed by atoms with Crippen molar-refractivity contribution >= 4 is 6.29 Å². The molecule has 0 heterocycles. The summed E-state index contributed by atoms with van der Waals surface area (Å²) in [5.74, 6) is 0. The SMILES string of the molecule is C1=CCCCC1.CC=O. The largest absolute Gasteiger partial charge is 0.304 e. The van der Waals surface area contributed by atoms with Gasteiger partial charge in [-0.15, -0.1) is 0 Å². The number of rotatable bonds is 0. The molecule has 1 aliphatic rings. The summed E-state index contributed by atoms with van der Waals surface area (Å²) >= 11 is 0. The van der Waals surface area contributed by atoms with Gasteiger partial charge in [0.25, 0.3) is 0 Å². The Morgan fingerprint density at radius 3 is 1.67 bits per heavy atom. The fraction of sp³-hybridized carbons (Fsp3) is 0.625. The van der Waals surface area contributed by atoms with Crippen LogP contribution in [0.25, 0.3) is 0 Å². The van der Waals surface area contributed by atoms with E-state index in [0.29, 0.717) is 0 Å². The fourth-order valence-corrected chi connectivity index (χ4v) is 0.760. The highest BCUT2D eigenvalue weighted by Gasteiger charge is 1.87. The van der Waals surface area contributed by atoms with Crippen LogP contribution in [-0.4, -0.2) is 6.29 Å². The summed E-state index contributed by atoms with van der Waals surface area (Å²) in [5.41, 5.74) is 0. The summed E-state index contributed by atoms with van der Waals surface area (Å²) in [7, 11) is 0. The zero-order chi connectivity index (χ0) is 6.95. The average molecular weight is 126 g/mol. The van der Waals surface area contributed by atoms with Crippen LogP contribution >= 0.6 is 0 Å². The van der Waals surface area contributed by atoms with Gasteiger partial charge in [0.2, 0.25) is 0 Å². The smallest absolute Gasteiger partial charge is 0.116 e. The number of carbonyl (C=O) groups excluding carboxylic acids is 1. The van der Waals surface area contributed by atoms with E-state index in [4.69, 9.17) is 4.79 Å². The number of aldehydes is 1. The van der Waals surface area contributed by atoms with Gasteiger partial charge < -0.3 is 4.79 Å². The van der Waals surface area contributed by atoms with Crippen LogP contribution in [0.2, 0.25) is 0 Å². The first-order valence-electron chi connectivity index (χ1n) is 3.46. The number of hydrogen-bond acceptors (Lipinski definition) is 1. The summed E-state index contributed by atoms with van der Waals surface area (Å²) in [6, 6.07) is 0. The maximum Gasteiger partial charge on any atom is 0.116 e. The van der Waals surface area contributed by atoms with Crippen LogP contribution in [0.15, 0.2) is 12.2 Å². The molecule has 0 spiro atoms. The first-order valence-corrected chi connectivity index (χ1v) is 3.46. The molecule has 0 amide bonds. The molecule has 1 rings (SSSR count). The molecule has 1 nitrogen and oxygen atoms in total. The van der Waals surface area contributed by atoms with E-state index in [2.05, 4.69) is 12.2 Å². The van der Waals surface area contributed by atoms with Crippen LogP contribution in [-0.2, 0) is 4.79 Å². The molecule has 1 aliphatic carbocycles. The topological polar surface area (TPSA) is 17.1 Å². The Labute approximate surface area is 56.8 Å². The Balaban J connectivity index is 0.000000187. The van der Waals surface area contributed by atoms with Gasteiger partial charge in [0.1, 0.15) is 6.29 Å². The zero-order valence-electron chi connectivity index (χ0n) is 5.97. The third-order valence-electron chi connectivity index (χ3n) is 1.16. The second kappa shape index (κ2) is 7.41. The highest BCUT2D eigenvalue weighted by Crippen LogP contribution is 2.07. The third-order valence-corrected chi connectivity index (χ3v) is 1.16. The van der Waals surface area contributed by atoms with E-state index >= 15 is 0 Å². The quantitative estimate of drug-likeness (QED) is 0.359. The lowest BCUT2D eigenvalue weighted by Gasteiger charge is -1.97. The van der Waals surface area contributed by atoms with Crippen LogP contribution in [0, 0.1) is 0 Å². The molecule has 0 aliphatic heterocycles. The number of hydrogen-bond donors (Lipinski definition) is 0. The number of carbonyl (C=O) groups is 1. The van der Waals surface area contributed by atoms with Crippen LogP contribution in [0.4, 0.5) is 0 Å². The van der Waals surface area contributed by atoms with E-state index in [-0.39, 0.29) is 0 Å². The normalized spacial score (nSPS) is 15.7. The predicted molar refractivity (Wildman–Crippen MR) is 39.3 cm³/mol. The lowest BCUT2D eigenvalue weighted by molar-refractivity contribution is -0.106. The number of allylic oxidation sites excluding steroid dienone is 2. The molecule has 0 radical (unpaired) electrons. The highest BCUT2D eigenvalue weighted by atomic mass is 16.1. The van der Waals surface area contributed by atoms with Gasteiger partial charge in [0.05, 0.1) is 0 Å². The van der Waals surface area contributed by atoms with Gasteiger partial charge in [-0.1, -0.05) is 12.2 Å². The average Bonchev–Trinajstić information content (AvgIpc) is 1.93. The second-order valence-corrected chi connectivity index (χ2v) is 1.99. The monoisotopic (exact) mass is 126 g/mol. The minimum absolute atomic E-state index is 0.750. The van der Waals surface area contributed by atoms with Gasteiger partial charge >= 0.3 is 0 Å². The van der Waals surface area contributed by atoms with Crippen molar-refractivity contribution in [3.63, 3.8) is 0 Å². The van der Waals surface area contributed by atoms with Crippen molar-refractivity contribution in [2.45, 2.75) is 32.6 Å². The zero-order valence-corrected chi connectivity index (χ0v) is 5.97. The van der Waals surface area contributed by atoms with Crippen LogP contribution in [0.5, 0.6) is 0 Å². The van der Waals surface area contributed by atoms with Crippen molar-refractivity contribution in [3.05, 3.63) is 12.2 Å². The molecule has 0 N–H and O–H groups in total. The highest BCUT2D eigenvalue weighted by molar-refractivity contribution is 5.44. The van der Waals surface area contributed by atoms with E-state index in [1.54, 1.807) is 0 Å². The molecular formula is C8H14O. The fourth-order valence-electron chi connectivity index (χ4n) is 0.760. The summed E-state index contributed by atoms with van der Waals surface area (Å²) < 4.78 is 0. The van der Waals surface area contributed by atoms with E-state index in [0.717, 1.165) is 6.29 Å². The Kier molecular flexibility index (Phi) is 6.92. The molecular weight excluding hydrogens is 112 g/mol. The molecule has 0 bridgehead atoms. The molecule has 0 aromatic carbocycles. The van der Waals surface area contributed by atoms with Gasteiger partial charge in [0, 0.05) is 0 Å². The van der Waals surface area contributed by atoms with Crippen molar-refractivity contribution in [2.75, 3.05) is 0 Å². The molecule has 0 fully saturated rings. The van der Waals surface area contributed by atoms with Crippen LogP contribution in [0.3, 0.4) is 0 Å². The molecule has 0 aromatic heterocycles. The molecule has 0 atom stereocenters. The summed E-state index contributed by atoms with van der Waals surface area (Å²) in [6.07, 6.45) is 10.8. The summed E-state index contributed by atoms with van der Waals surface area (Å²) in [5, 5.41) is 0. The van der Waals surface area contributed by atoms with E-state index in [1.807, 2.05) is 0 Å².